The molecule has 1 atom stereocenters. The zero-order valence-electron chi connectivity index (χ0n) is 10.7. The maximum atomic E-state index is 12.5. The first-order valence-electron chi connectivity index (χ1n) is 5.99. The van der Waals surface area contributed by atoms with Crippen LogP contribution < -0.4 is 0 Å². The summed E-state index contributed by atoms with van der Waals surface area (Å²) in [7, 11) is -3.56. The van der Waals surface area contributed by atoms with Crippen molar-refractivity contribution in [3.8, 4) is 0 Å². The third-order valence-corrected chi connectivity index (χ3v) is 5.51. The van der Waals surface area contributed by atoms with Gasteiger partial charge in [0.25, 0.3) is 0 Å². The molecule has 98 valence electrons. The predicted molar refractivity (Wildman–Crippen MR) is 76.0 cm³/mol. The number of allylic oxidation sites excluding steroid dienone is 3. The fourth-order valence-electron chi connectivity index (χ4n) is 2.26. The highest BCUT2D eigenvalue weighted by Crippen LogP contribution is 2.39. The van der Waals surface area contributed by atoms with Gasteiger partial charge in [0.15, 0.2) is 0 Å². The Morgan fingerprint density at radius 1 is 1.32 bits per heavy atom. The molecule has 19 heavy (non-hydrogen) atoms. The zero-order chi connectivity index (χ0) is 13.9. The van der Waals surface area contributed by atoms with E-state index in [9.17, 15) is 8.42 Å². The minimum absolute atomic E-state index is 0.386. The molecule has 3 nitrogen and oxygen atoms in total. The van der Waals surface area contributed by atoms with Crippen LogP contribution in [0.3, 0.4) is 0 Å². The van der Waals surface area contributed by atoms with Gasteiger partial charge in [-0.05, 0) is 18.9 Å². The number of nitrogens with zero attached hydrogens (tertiary/aromatic N) is 1. The lowest BCUT2D eigenvalue weighted by atomic mass is 9.89. The van der Waals surface area contributed by atoms with Gasteiger partial charge in [-0.2, -0.15) is 0 Å². The third kappa shape index (κ3) is 2.34. The van der Waals surface area contributed by atoms with Crippen LogP contribution >= 0.6 is 0 Å². The summed E-state index contributed by atoms with van der Waals surface area (Å²) in [5, 5.41) is 0. The predicted octanol–water partition coefficient (Wildman–Crippen LogP) is 3.08. The lowest BCUT2D eigenvalue weighted by Gasteiger charge is -2.30. The molecular formula is C15H15NO2S. The average Bonchev–Trinajstić information content (AvgIpc) is 2.40. The Bertz CT molecular complexity index is 666. The number of hydrogen-bond acceptors (Lipinski definition) is 2. The summed E-state index contributed by atoms with van der Waals surface area (Å²) in [5.74, 6) is -0.487. The molecule has 0 amide bonds. The van der Waals surface area contributed by atoms with Crippen LogP contribution in [0.5, 0.6) is 0 Å². The molecule has 0 bridgehead atoms. The number of rotatable bonds is 3. The molecule has 0 aromatic heterocycles. The van der Waals surface area contributed by atoms with Gasteiger partial charge in [-0.1, -0.05) is 54.1 Å². The van der Waals surface area contributed by atoms with Crippen LogP contribution in [-0.4, -0.2) is 14.3 Å². The quantitative estimate of drug-likeness (QED) is 0.794. The van der Waals surface area contributed by atoms with Crippen LogP contribution in [0.4, 0.5) is 0 Å². The van der Waals surface area contributed by atoms with Gasteiger partial charge in [0.05, 0.1) is 0 Å². The maximum Gasteiger partial charge on any atom is 0.313 e. The average molecular weight is 273 g/mol. The van der Waals surface area contributed by atoms with Crippen molar-refractivity contribution in [2.24, 2.45) is 0 Å². The summed E-state index contributed by atoms with van der Waals surface area (Å²) in [6.45, 7) is 8.81. The van der Waals surface area contributed by atoms with Crippen molar-refractivity contribution >= 4 is 9.84 Å². The smallest absolute Gasteiger partial charge is 0.300 e. The van der Waals surface area contributed by atoms with Gasteiger partial charge < -0.3 is 0 Å². The van der Waals surface area contributed by atoms with Crippen molar-refractivity contribution < 1.29 is 8.42 Å². The SMILES string of the molecule is [C-]#[N+]CS(=O)(=O)C1(c2ccccc2)C=CC(C)=CC1. The van der Waals surface area contributed by atoms with E-state index in [0.717, 1.165) is 11.1 Å². The van der Waals surface area contributed by atoms with E-state index in [1.807, 2.05) is 37.3 Å². The molecule has 0 radical (unpaired) electrons. The van der Waals surface area contributed by atoms with Gasteiger partial charge in [-0.15, -0.1) is 0 Å². The van der Waals surface area contributed by atoms with E-state index in [4.69, 9.17) is 6.57 Å². The van der Waals surface area contributed by atoms with E-state index >= 15 is 0 Å². The molecule has 0 heterocycles. The van der Waals surface area contributed by atoms with Gasteiger partial charge in [0, 0.05) is 0 Å². The number of benzene rings is 1. The first kappa shape index (κ1) is 13.6. The van der Waals surface area contributed by atoms with Crippen molar-refractivity contribution in [2.75, 3.05) is 5.88 Å². The molecule has 1 aromatic rings. The fourth-order valence-corrected chi connectivity index (χ4v) is 3.77. The Morgan fingerprint density at radius 3 is 2.53 bits per heavy atom. The molecule has 1 aliphatic rings. The highest BCUT2D eigenvalue weighted by atomic mass is 32.2. The highest BCUT2D eigenvalue weighted by Gasteiger charge is 2.45. The van der Waals surface area contributed by atoms with E-state index in [2.05, 4.69) is 4.85 Å². The monoisotopic (exact) mass is 273 g/mol. The van der Waals surface area contributed by atoms with Crippen molar-refractivity contribution in [3.05, 3.63) is 71.1 Å². The molecule has 0 spiro atoms. The van der Waals surface area contributed by atoms with Gasteiger partial charge in [0.2, 0.25) is 9.84 Å². The summed E-state index contributed by atoms with van der Waals surface area (Å²) >= 11 is 0. The Hall–Kier alpha value is -1.86. The van der Waals surface area contributed by atoms with Gasteiger partial charge in [0.1, 0.15) is 4.75 Å². The second kappa shape index (κ2) is 5.02. The second-order valence-corrected chi connectivity index (χ2v) is 6.86. The Kier molecular flexibility index (Phi) is 3.59. The molecule has 0 aliphatic heterocycles. The third-order valence-electron chi connectivity index (χ3n) is 3.39. The van der Waals surface area contributed by atoms with Gasteiger partial charge >= 0.3 is 5.88 Å². The van der Waals surface area contributed by atoms with Crippen molar-refractivity contribution in [2.45, 2.75) is 18.1 Å². The highest BCUT2D eigenvalue weighted by molar-refractivity contribution is 7.92. The van der Waals surface area contributed by atoms with Crippen molar-refractivity contribution in [3.63, 3.8) is 0 Å². The normalized spacial score (nSPS) is 22.6. The molecule has 2 rings (SSSR count). The van der Waals surface area contributed by atoms with E-state index < -0.39 is 20.5 Å². The van der Waals surface area contributed by atoms with E-state index in [1.54, 1.807) is 18.2 Å². The molecule has 1 aliphatic carbocycles. The number of sulfone groups is 1. The van der Waals surface area contributed by atoms with Crippen LogP contribution in [0.15, 0.2) is 54.1 Å². The largest absolute Gasteiger partial charge is 0.313 e. The van der Waals surface area contributed by atoms with E-state index in [-0.39, 0.29) is 0 Å². The fraction of sp³-hybridized carbons (Fsp3) is 0.267. The van der Waals surface area contributed by atoms with E-state index in [0.29, 0.717) is 6.42 Å². The molecule has 1 aromatic carbocycles. The van der Waals surface area contributed by atoms with E-state index in [1.165, 1.54) is 0 Å². The molecule has 0 fully saturated rings. The first-order valence-corrected chi connectivity index (χ1v) is 7.64. The lowest BCUT2D eigenvalue weighted by molar-refractivity contribution is 0.560. The van der Waals surface area contributed by atoms with Crippen molar-refractivity contribution in [1.82, 2.24) is 0 Å². The first-order chi connectivity index (χ1) is 9.02. The molecule has 1 unspecified atom stereocenters. The van der Waals surface area contributed by atoms with Crippen LogP contribution in [0.1, 0.15) is 18.9 Å². The molecule has 4 heteroatoms. The summed E-state index contributed by atoms with van der Waals surface area (Å²) < 4.78 is 23.9. The molecule has 0 saturated carbocycles. The van der Waals surface area contributed by atoms with Crippen LogP contribution in [0.2, 0.25) is 0 Å². The Morgan fingerprint density at radius 2 is 2.00 bits per heavy atom. The summed E-state index contributed by atoms with van der Waals surface area (Å²) in [6, 6.07) is 9.11. The second-order valence-electron chi connectivity index (χ2n) is 4.64. The zero-order valence-corrected chi connectivity index (χ0v) is 11.5. The van der Waals surface area contributed by atoms with Crippen LogP contribution in [0, 0.1) is 6.57 Å². The molecular weight excluding hydrogens is 258 g/mol. The van der Waals surface area contributed by atoms with Crippen molar-refractivity contribution in [1.29, 1.82) is 0 Å². The summed E-state index contributed by atoms with van der Waals surface area (Å²) in [6.07, 6.45) is 5.84. The Labute approximate surface area is 114 Å². The summed E-state index contributed by atoms with van der Waals surface area (Å²) in [4.78, 5) is 3.08. The number of hydrogen-bond donors (Lipinski definition) is 0. The molecule has 0 saturated heterocycles. The topological polar surface area (TPSA) is 38.5 Å². The molecule has 0 N–H and O–H groups in total. The standard InChI is InChI=1S/C15H15NO2S/c1-13-8-10-15(11-9-13,19(17,18)12-16-2)14-6-4-3-5-7-14/h3-10H,11-12H2,1H3. The minimum Gasteiger partial charge on any atom is -0.300 e. The van der Waals surface area contributed by atoms with Gasteiger partial charge in [-0.3, -0.25) is 4.85 Å². The van der Waals surface area contributed by atoms with Crippen LogP contribution in [-0.2, 0) is 14.6 Å². The van der Waals surface area contributed by atoms with Crippen LogP contribution in [0.25, 0.3) is 4.85 Å². The lowest BCUT2D eigenvalue weighted by Crippen LogP contribution is -2.36. The minimum atomic E-state index is -3.56. The van der Waals surface area contributed by atoms with Gasteiger partial charge in [-0.25, -0.2) is 15.0 Å². The summed E-state index contributed by atoms with van der Waals surface area (Å²) in [5.41, 5.74) is 1.77. The maximum absolute atomic E-state index is 12.5. The Balaban J connectivity index is 2.61.